The summed E-state index contributed by atoms with van der Waals surface area (Å²) in [7, 11) is 0. The second-order valence-corrected chi connectivity index (χ2v) is 5.25. The van der Waals surface area contributed by atoms with Crippen LogP contribution in [-0.2, 0) is 5.88 Å². The monoisotopic (exact) mass is 241 g/mol. The highest BCUT2D eigenvalue weighted by Crippen LogP contribution is 2.35. The minimum absolute atomic E-state index is 0.0589. The molecule has 16 heavy (non-hydrogen) atoms. The summed E-state index contributed by atoms with van der Waals surface area (Å²) in [6.07, 6.45) is 2.24. The van der Waals surface area contributed by atoms with Crippen LogP contribution in [0.25, 0.3) is 0 Å². The fourth-order valence-corrected chi connectivity index (χ4v) is 2.57. The molecular formula is C13H17ClFN. The van der Waals surface area contributed by atoms with Gasteiger partial charge in [-0.25, -0.2) is 4.39 Å². The molecule has 1 aromatic rings. The van der Waals surface area contributed by atoms with E-state index in [1.807, 2.05) is 12.1 Å². The van der Waals surface area contributed by atoms with Gasteiger partial charge in [0, 0.05) is 18.0 Å². The molecule has 0 radical (unpaired) electrons. The Morgan fingerprint density at radius 2 is 2.19 bits per heavy atom. The highest BCUT2D eigenvalue weighted by Gasteiger charge is 2.33. The summed E-state index contributed by atoms with van der Waals surface area (Å²) in [6.45, 7) is 5.26. The quantitative estimate of drug-likeness (QED) is 0.709. The standard InChI is InChI=1S/C13H17ClFN/c1-13(2)6-3-7-16(13)12-5-4-10(9-14)8-11(12)15/h4-5,8H,3,6-7,9H2,1-2H3. The molecule has 0 amide bonds. The maximum Gasteiger partial charge on any atom is 0.146 e. The van der Waals surface area contributed by atoms with E-state index in [1.54, 1.807) is 0 Å². The van der Waals surface area contributed by atoms with Crippen molar-refractivity contribution in [3.63, 3.8) is 0 Å². The van der Waals surface area contributed by atoms with E-state index in [-0.39, 0.29) is 11.4 Å². The Balaban J connectivity index is 2.34. The van der Waals surface area contributed by atoms with Crippen molar-refractivity contribution < 1.29 is 4.39 Å². The van der Waals surface area contributed by atoms with Gasteiger partial charge in [0.1, 0.15) is 5.82 Å². The van der Waals surface area contributed by atoms with E-state index in [4.69, 9.17) is 11.6 Å². The summed E-state index contributed by atoms with van der Waals surface area (Å²) in [5, 5.41) is 0. The normalized spacial score (nSPS) is 19.1. The Hall–Kier alpha value is -0.760. The van der Waals surface area contributed by atoms with Gasteiger partial charge in [-0.15, -0.1) is 11.6 Å². The summed E-state index contributed by atoms with van der Waals surface area (Å²) >= 11 is 5.69. The van der Waals surface area contributed by atoms with Gasteiger partial charge < -0.3 is 4.90 Å². The summed E-state index contributed by atoms with van der Waals surface area (Å²) in [5.74, 6) is 0.203. The molecule has 1 aliphatic rings. The fourth-order valence-electron chi connectivity index (χ4n) is 2.41. The zero-order chi connectivity index (χ0) is 11.8. The van der Waals surface area contributed by atoms with Crippen LogP contribution in [0, 0.1) is 5.82 Å². The Bertz CT molecular complexity index is 390. The topological polar surface area (TPSA) is 3.24 Å². The molecule has 0 aromatic heterocycles. The van der Waals surface area contributed by atoms with Crippen LogP contribution in [0.5, 0.6) is 0 Å². The van der Waals surface area contributed by atoms with Gasteiger partial charge in [0.25, 0.3) is 0 Å². The maximum atomic E-state index is 13.9. The number of rotatable bonds is 2. The van der Waals surface area contributed by atoms with Crippen molar-refractivity contribution in [2.45, 2.75) is 38.1 Å². The first-order valence-electron chi connectivity index (χ1n) is 5.66. The third-order valence-electron chi connectivity index (χ3n) is 3.36. The summed E-state index contributed by atoms with van der Waals surface area (Å²) in [6, 6.07) is 5.29. The van der Waals surface area contributed by atoms with Crippen LogP contribution in [0.1, 0.15) is 32.3 Å². The van der Waals surface area contributed by atoms with Gasteiger partial charge in [-0.05, 0) is 44.4 Å². The van der Waals surface area contributed by atoms with Crippen molar-refractivity contribution in [2.75, 3.05) is 11.4 Å². The predicted molar refractivity (Wildman–Crippen MR) is 66.6 cm³/mol. The van der Waals surface area contributed by atoms with E-state index >= 15 is 0 Å². The fraction of sp³-hybridized carbons (Fsp3) is 0.538. The van der Waals surface area contributed by atoms with Gasteiger partial charge in [0.15, 0.2) is 0 Å². The van der Waals surface area contributed by atoms with Crippen LogP contribution in [0.15, 0.2) is 18.2 Å². The van der Waals surface area contributed by atoms with E-state index in [0.717, 1.165) is 24.9 Å². The van der Waals surface area contributed by atoms with Crippen molar-refractivity contribution in [1.29, 1.82) is 0 Å². The van der Waals surface area contributed by atoms with Gasteiger partial charge in [-0.2, -0.15) is 0 Å². The van der Waals surface area contributed by atoms with Gasteiger partial charge in [-0.3, -0.25) is 0 Å². The molecule has 1 saturated heterocycles. The number of benzene rings is 1. The highest BCUT2D eigenvalue weighted by atomic mass is 35.5. The lowest BCUT2D eigenvalue weighted by atomic mass is 10.0. The second-order valence-electron chi connectivity index (χ2n) is 4.99. The lowest BCUT2D eigenvalue weighted by molar-refractivity contribution is 0.506. The van der Waals surface area contributed by atoms with Crippen LogP contribution >= 0.6 is 11.6 Å². The molecule has 1 aromatic carbocycles. The van der Waals surface area contributed by atoms with Crippen molar-refractivity contribution in [2.24, 2.45) is 0 Å². The lowest BCUT2D eigenvalue weighted by Gasteiger charge is -2.34. The number of anilines is 1. The zero-order valence-corrected chi connectivity index (χ0v) is 10.5. The number of alkyl halides is 1. The molecule has 2 rings (SSSR count). The van der Waals surface area contributed by atoms with E-state index in [1.165, 1.54) is 6.07 Å². The molecular weight excluding hydrogens is 225 g/mol. The average Bonchev–Trinajstić information content (AvgIpc) is 2.58. The smallest absolute Gasteiger partial charge is 0.146 e. The molecule has 0 N–H and O–H groups in total. The number of hydrogen-bond donors (Lipinski definition) is 0. The minimum Gasteiger partial charge on any atom is -0.364 e. The summed E-state index contributed by atoms with van der Waals surface area (Å²) < 4.78 is 13.9. The molecule has 0 aliphatic carbocycles. The van der Waals surface area contributed by atoms with Gasteiger partial charge in [0.05, 0.1) is 5.69 Å². The van der Waals surface area contributed by atoms with Crippen LogP contribution in [0.3, 0.4) is 0 Å². The molecule has 88 valence electrons. The molecule has 0 saturated carbocycles. The predicted octanol–water partition coefficient (Wildman–Crippen LogP) is 3.94. The van der Waals surface area contributed by atoms with E-state index < -0.39 is 0 Å². The largest absolute Gasteiger partial charge is 0.364 e. The van der Waals surface area contributed by atoms with Crippen LogP contribution in [-0.4, -0.2) is 12.1 Å². The van der Waals surface area contributed by atoms with Crippen molar-refractivity contribution in [1.82, 2.24) is 0 Å². The molecule has 1 fully saturated rings. The molecule has 0 atom stereocenters. The number of halogens is 2. The second kappa shape index (κ2) is 4.25. The third kappa shape index (κ3) is 2.03. The number of nitrogens with zero attached hydrogens (tertiary/aromatic N) is 1. The van der Waals surface area contributed by atoms with Gasteiger partial charge >= 0.3 is 0 Å². The van der Waals surface area contributed by atoms with Crippen LogP contribution < -0.4 is 4.90 Å². The third-order valence-corrected chi connectivity index (χ3v) is 3.67. The SMILES string of the molecule is CC1(C)CCCN1c1ccc(CCl)cc1F. The molecule has 1 aliphatic heterocycles. The van der Waals surface area contributed by atoms with E-state index in [0.29, 0.717) is 11.6 Å². The van der Waals surface area contributed by atoms with Gasteiger partial charge in [0.2, 0.25) is 0 Å². The maximum absolute atomic E-state index is 13.9. The molecule has 1 heterocycles. The zero-order valence-electron chi connectivity index (χ0n) is 9.76. The molecule has 0 spiro atoms. The van der Waals surface area contributed by atoms with E-state index in [9.17, 15) is 4.39 Å². The van der Waals surface area contributed by atoms with Crippen LogP contribution in [0.2, 0.25) is 0 Å². The molecule has 0 bridgehead atoms. The lowest BCUT2D eigenvalue weighted by Crippen LogP contribution is -2.38. The minimum atomic E-state index is -0.159. The van der Waals surface area contributed by atoms with Gasteiger partial charge in [-0.1, -0.05) is 6.07 Å². The summed E-state index contributed by atoms with van der Waals surface area (Å²) in [5.41, 5.74) is 1.60. The molecule has 3 heteroatoms. The first kappa shape index (κ1) is 11.7. The molecule has 0 unspecified atom stereocenters. The Labute approximate surface area is 101 Å². The summed E-state index contributed by atoms with van der Waals surface area (Å²) in [4.78, 5) is 2.15. The number of hydrogen-bond acceptors (Lipinski definition) is 1. The molecule has 1 nitrogen and oxygen atoms in total. The van der Waals surface area contributed by atoms with Crippen molar-refractivity contribution >= 4 is 17.3 Å². The Kier molecular flexibility index (Phi) is 3.11. The van der Waals surface area contributed by atoms with E-state index in [2.05, 4.69) is 18.7 Å². The first-order chi connectivity index (χ1) is 7.54. The van der Waals surface area contributed by atoms with Crippen molar-refractivity contribution in [3.8, 4) is 0 Å². The Morgan fingerprint density at radius 1 is 1.44 bits per heavy atom. The van der Waals surface area contributed by atoms with Crippen molar-refractivity contribution in [3.05, 3.63) is 29.6 Å². The van der Waals surface area contributed by atoms with Crippen LogP contribution in [0.4, 0.5) is 10.1 Å². The Morgan fingerprint density at radius 3 is 2.69 bits per heavy atom. The average molecular weight is 242 g/mol. The highest BCUT2D eigenvalue weighted by molar-refractivity contribution is 6.17. The first-order valence-corrected chi connectivity index (χ1v) is 6.20.